The Kier molecular flexibility index (Phi) is 7.11. The van der Waals surface area contributed by atoms with Gasteiger partial charge in [-0.25, -0.2) is 0 Å². The number of allylic oxidation sites excluding steroid dienone is 1. The average Bonchev–Trinajstić information content (AvgIpc) is 2.46. The van der Waals surface area contributed by atoms with Gasteiger partial charge in [0.05, 0.1) is 0 Å². The van der Waals surface area contributed by atoms with E-state index in [-0.39, 0.29) is 17.7 Å². The molecular weight excluding hydrogens is 252 g/mol. The molecule has 0 aliphatic rings. The predicted octanol–water partition coefficient (Wildman–Crippen LogP) is 2.37. The third-order valence-corrected chi connectivity index (χ3v) is 3.08. The van der Waals surface area contributed by atoms with Gasteiger partial charge >= 0.3 is 0 Å². The molecule has 0 radical (unpaired) electrons. The Bertz CT molecular complexity index is 443. The molecule has 0 aliphatic heterocycles. The van der Waals surface area contributed by atoms with E-state index in [2.05, 4.69) is 29.6 Å². The molecule has 0 aliphatic carbocycles. The maximum atomic E-state index is 12.0. The summed E-state index contributed by atoms with van der Waals surface area (Å²) in [4.78, 5) is 22.8. The molecule has 0 bridgehead atoms. The highest BCUT2D eigenvalue weighted by atomic mass is 16.2. The number of aryl methyl sites for hydroxylation is 1. The van der Waals surface area contributed by atoms with Crippen LogP contribution in [0, 0.1) is 5.92 Å². The molecule has 2 N–H and O–H groups in total. The smallest absolute Gasteiger partial charge is 0.241 e. The van der Waals surface area contributed by atoms with E-state index in [0.717, 1.165) is 25.7 Å². The number of amides is 2. The molecule has 4 nitrogen and oxygen atoms in total. The van der Waals surface area contributed by atoms with Gasteiger partial charge in [-0.2, -0.15) is 0 Å². The van der Waals surface area contributed by atoms with Crippen LogP contribution < -0.4 is 10.9 Å². The van der Waals surface area contributed by atoms with Gasteiger partial charge in [0.1, 0.15) is 0 Å². The van der Waals surface area contributed by atoms with Crippen molar-refractivity contribution in [2.45, 2.75) is 32.6 Å². The van der Waals surface area contributed by atoms with Gasteiger partial charge < -0.3 is 0 Å². The highest BCUT2D eigenvalue weighted by molar-refractivity contribution is 5.82. The van der Waals surface area contributed by atoms with Crippen LogP contribution in [-0.2, 0) is 16.0 Å². The lowest BCUT2D eigenvalue weighted by Crippen LogP contribution is -2.43. The number of rotatable bonds is 7. The SMILES string of the molecule is C=CCCC(CCc1ccccc1)C(=O)NNC(C)=O. The molecule has 0 fully saturated rings. The molecule has 2 amide bonds. The molecule has 1 rings (SSSR count). The zero-order valence-electron chi connectivity index (χ0n) is 11.9. The van der Waals surface area contributed by atoms with Gasteiger partial charge in [-0.1, -0.05) is 36.4 Å². The molecule has 0 saturated carbocycles. The lowest BCUT2D eigenvalue weighted by molar-refractivity contribution is -0.130. The second-order valence-corrected chi connectivity index (χ2v) is 4.76. The minimum absolute atomic E-state index is 0.125. The molecule has 4 heteroatoms. The van der Waals surface area contributed by atoms with Crippen molar-refractivity contribution in [3.8, 4) is 0 Å². The van der Waals surface area contributed by atoms with E-state index < -0.39 is 0 Å². The van der Waals surface area contributed by atoms with Crippen LogP contribution in [0.15, 0.2) is 43.0 Å². The van der Waals surface area contributed by atoms with E-state index >= 15 is 0 Å². The van der Waals surface area contributed by atoms with Crippen molar-refractivity contribution in [3.63, 3.8) is 0 Å². The molecular formula is C16H22N2O2. The normalized spacial score (nSPS) is 11.4. The van der Waals surface area contributed by atoms with E-state index in [0.29, 0.717) is 0 Å². The van der Waals surface area contributed by atoms with Crippen LogP contribution >= 0.6 is 0 Å². The highest BCUT2D eigenvalue weighted by Crippen LogP contribution is 2.15. The first-order valence-electron chi connectivity index (χ1n) is 6.84. The molecule has 1 aromatic carbocycles. The number of hydrogen-bond donors (Lipinski definition) is 2. The fourth-order valence-corrected chi connectivity index (χ4v) is 1.96. The van der Waals surface area contributed by atoms with Crippen LogP contribution in [0.25, 0.3) is 0 Å². The van der Waals surface area contributed by atoms with E-state index in [4.69, 9.17) is 0 Å². The largest absolute Gasteiger partial charge is 0.274 e. The quantitative estimate of drug-likeness (QED) is 0.592. The standard InChI is InChI=1S/C16H22N2O2/c1-3-4-10-15(16(20)18-17-13(2)19)12-11-14-8-6-5-7-9-14/h3,5-9,15H,1,4,10-12H2,2H3,(H,17,19)(H,18,20). The summed E-state index contributed by atoms with van der Waals surface area (Å²) in [6.07, 6.45) is 4.93. The van der Waals surface area contributed by atoms with E-state index in [1.807, 2.05) is 18.2 Å². The molecule has 1 aromatic rings. The van der Waals surface area contributed by atoms with Crippen molar-refractivity contribution in [2.75, 3.05) is 0 Å². The van der Waals surface area contributed by atoms with E-state index in [1.54, 1.807) is 6.08 Å². The summed E-state index contributed by atoms with van der Waals surface area (Å²) in [7, 11) is 0. The predicted molar refractivity (Wildman–Crippen MR) is 79.6 cm³/mol. The number of hydrazine groups is 1. The fraction of sp³-hybridized carbons (Fsp3) is 0.375. The Balaban J connectivity index is 2.52. The second-order valence-electron chi connectivity index (χ2n) is 4.76. The summed E-state index contributed by atoms with van der Waals surface area (Å²) in [6, 6.07) is 10.1. The van der Waals surface area contributed by atoms with Crippen LogP contribution in [-0.4, -0.2) is 11.8 Å². The zero-order valence-corrected chi connectivity index (χ0v) is 11.9. The third kappa shape index (κ3) is 6.18. The number of carbonyl (C=O) groups excluding carboxylic acids is 2. The first kappa shape index (κ1) is 16.0. The van der Waals surface area contributed by atoms with E-state index in [1.165, 1.54) is 12.5 Å². The molecule has 0 spiro atoms. The lowest BCUT2D eigenvalue weighted by atomic mass is 9.94. The first-order valence-corrected chi connectivity index (χ1v) is 6.84. The summed E-state index contributed by atoms with van der Waals surface area (Å²) in [5, 5.41) is 0. The van der Waals surface area contributed by atoms with Crippen molar-refractivity contribution in [1.82, 2.24) is 10.9 Å². The second kappa shape index (κ2) is 8.91. The average molecular weight is 274 g/mol. The van der Waals surface area contributed by atoms with Gasteiger partial charge in [0.25, 0.3) is 0 Å². The number of hydrogen-bond acceptors (Lipinski definition) is 2. The van der Waals surface area contributed by atoms with Crippen molar-refractivity contribution in [1.29, 1.82) is 0 Å². The number of nitrogens with one attached hydrogen (secondary N) is 2. The summed E-state index contributed by atoms with van der Waals surface area (Å²) in [6.45, 7) is 5.05. The summed E-state index contributed by atoms with van der Waals surface area (Å²) in [5.74, 6) is -0.540. The van der Waals surface area contributed by atoms with Gasteiger partial charge in [0, 0.05) is 12.8 Å². The van der Waals surface area contributed by atoms with Gasteiger partial charge in [-0.15, -0.1) is 6.58 Å². The van der Waals surface area contributed by atoms with Crippen molar-refractivity contribution in [2.24, 2.45) is 5.92 Å². The zero-order chi connectivity index (χ0) is 14.8. The topological polar surface area (TPSA) is 58.2 Å². The molecule has 0 saturated heterocycles. The molecule has 1 unspecified atom stereocenters. The highest BCUT2D eigenvalue weighted by Gasteiger charge is 2.17. The Morgan fingerprint density at radius 3 is 2.50 bits per heavy atom. The van der Waals surface area contributed by atoms with Crippen LogP contribution in [0.1, 0.15) is 31.7 Å². The monoisotopic (exact) mass is 274 g/mol. The molecule has 1 atom stereocenters. The minimum atomic E-state index is -0.274. The van der Waals surface area contributed by atoms with Crippen molar-refractivity contribution < 1.29 is 9.59 Å². The fourth-order valence-electron chi connectivity index (χ4n) is 1.96. The Morgan fingerprint density at radius 1 is 1.20 bits per heavy atom. The van der Waals surface area contributed by atoms with E-state index in [9.17, 15) is 9.59 Å². The minimum Gasteiger partial charge on any atom is -0.274 e. The Morgan fingerprint density at radius 2 is 1.90 bits per heavy atom. The van der Waals surface area contributed by atoms with Crippen LogP contribution in [0.4, 0.5) is 0 Å². The van der Waals surface area contributed by atoms with Crippen molar-refractivity contribution >= 4 is 11.8 Å². The van der Waals surface area contributed by atoms with Crippen LogP contribution in [0.2, 0.25) is 0 Å². The summed E-state index contributed by atoms with van der Waals surface area (Å²) >= 11 is 0. The van der Waals surface area contributed by atoms with Crippen molar-refractivity contribution in [3.05, 3.63) is 48.6 Å². The molecule has 108 valence electrons. The van der Waals surface area contributed by atoms with Gasteiger partial charge in [0.2, 0.25) is 11.8 Å². The number of benzene rings is 1. The maximum absolute atomic E-state index is 12.0. The summed E-state index contributed by atoms with van der Waals surface area (Å²) < 4.78 is 0. The van der Waals surface area contributed by atoms with Crippen LogP contribution in [0.3, 0.4) is 0 Å². The van der Waals surface area contributed by atoms with Crippen LogP contribution in [0.5, 0.6) is 0 Å². The van der Waals surface area contributed by atoms with Gasteiger partial charge in [-0.3, -0.25) is 20.4 Å². The molecule has 0 heterocycles. The molecule has 20 heavy (non-hydrogen) atoms. The first-order chi connectivity index (χ1) is 9.63. The van der Waals surface area contributed by atoms with Gasteiger partial charge in [-0.05, 0) is 31.2 Å². The summed E-state index contributed by atoms with van der Waals surface area (Å²) in [5.41, 5.74) is 6.00. The maximum Gasteiger partial charge on any atom is 0.241 e. The Hall–Kier alpha value is -2.10. The Labute approximate surface area is 120 Å². The molecule has 0 aromatic heterocycles. The van der Waals surface area contributed by atoms with Gasteiger partial charge in [0.15, 0.2) is 0 Å². The lowest BCUT2D eigenvalue weighted by Gasteiger charge is -2.16. The third-order valence-electron chi connectivity index (χ3n) is 3.08. The number of carbonyl (C=O) groups is 2.